The first-order chi connectivity index (χ1) is 56.2. The van der Waals surface area contributed by atoms with E-state index in [-0.39, 0.29) is 19.3 Å². The van der Waals surface area contributed by atoms with Crippen molar-refractivity contribution >= 4 is 33.6 Å². The molecule has 5 unspecified atom stereocenters. The number of carbonyl (C=O) groups excluding carboxylic acids is 3. The van der Waals surface area contributed by atoms with Gasteiger partial charge in [0.25, 0.3) is 0 Å². The molecule has 0 fully saturated rings. The standard InChI is InChI=1S/C97H160O16P2/c1-4-7-10-13-16-19-22-25-28-31-34-37-40-43-45-48-50-53-56-59-62-65-68-71-74-77-80-83-95(100)107-86-92(98)87-109-114(103,104)110-88-93(99)89-111-115(105,106)112-91-94(113-97(102)85-82-79-76-73-70-67-64-61-58-55-52-47-42-39-36-33-30-27-24-21-18-15-12-9-6-3)90-108-96(101)84-81-78-75-72-69-66-63-60-57-54-51-49-46-44-41-38-35-32-29-26-23-20-17-14-11-8-5-2/h7-12,16-21,25-30,34-39,43-47,50,52-53,92-94,98-99H,4-6,13-15,22-24,31-33,40-42,48-49,51,54-91H2,1-3H3,(H,103,104)(H,105,106)/b10-7-,11-8-,12-9-,19-16-,20-17-,21-18-,28-25-,29-26-,30-27-,37-34-,38-35-,39-36-,45-43-,46-44-,52-47-,53-50-. The van der Waals surface area contributed by atoms with Gasteiger partial charge in [0.15, 0.2) is 6.10 Å². The number of phosphoric ester groups is 2. The number of aliphatic hydroxyl groups is 2. The topological polar surface area (TPSA) is 231 Å². The molecule has 5 atom stereocenters. The number of hydrogen-bond donors (Lipinski definition) is 4. The van der Waals surface area contributed by atoms with Crippen LogP contribution in [0.15, 0.2) is 194 Å². The lowest BCUT2D eigenvalue weighted by atomic mass is 10.0. The van der Waals surface area contributed by atoms with Crippen molar-refractivity contribution < 1.29 is 75.8 Å². The van der Waals surface area contributed by atoms with Gasteiger partial charge in [-0.2, -0.15) is 0 Å². The molecule has 0 radical (unpaired) electrons. The van der Waals surface area contributed by atoms with Gasteiger partial charge in [0.05, 0.1) is 26.4 Å². The number of esters is 3. The third-order valence-electron chi connectivity index (χ3n) is 18.3. The molecule has 0 rings (SSSR count). The van der Waals surface area contributed by atoms with Gasteiger partial charge in [-0.1, -0.05) is 356 Å². The minimum Gasteiger partial charge on any atom is -0.463 e. The number of hydrogen-bond acceptors (Lipinski definition) is 14. The molecule has 0 aromatic carbocycles. The van der Waals surface area contributed by atoms with Crippen molar-refractivity contribution in [1.82, 2.24) is 0 Å². The Morgan fingerprint density at radius 2 is 0.435 bits per heavy atom. The van der Waals surface area contributed by atoms with Crippen molar-refractivity contribution in [3.05, 3.63) is 194 Å². The maximum Gasteiger partial charge on any atom is 0.472 e. The van der Waals surface area contributed by atoms with Crippen LogP contribution in [0.1, 0.15) is 342 Å². The molecule has 0 aliphatic heterocycles. The predicted octanol–water partition coefficient (Wildman–Crippen LogP) is 27.4. The fourth-order valence-corrected chi connectivity index (χ4v) is 13.2. The van der Waals surface area contributed by atoms with Crippen molar-refractivity contribution in [2.24, 2.45) is 0 Å². The molecule has 0 amide bonds. The zero-order chi connectivity index (χ0) is 83.6. The second kappa shape index (κ2) is 87.7. The Hall–Kier alpha value is -5.61. The molecule has 0 saturated heterocycles. The van der Waals surface area contributed by atoms with E-state index in [2.05, 4.69) is 215 Å². The van der Waals surface area contributed by atoms with Gasteiger partial charge in [-0.05, 0) is 161 Å². The number of unbranched alkanes of at least 4 members (excludes halogenated alkanes) is 28. The van der Waals surface area contributed by atoms with E-state index >= 15 is 0 Å². The second-order valence-electron chi connectivity index (χ2n) is 29.3. The summed E-state index contributed by atoms with van der Waals surface area (Å²) in [4.78, 5) is 59.0. The van der Waals surface area contributed by atoms with E-state index in [4.69, 9.17) is 32.3 Å². The largest absolute Gasteiger partial charge is 0.472 e. The maximum atomic E-state index is 13.1. The Bertz CT molecular complexity index is 2870. The summed E-state index contributed by atoms with van der Waals surface area (Å²) in [5.74, 6) is -1.59. The van der Waals surface area contributed by atoms with Gasteiger partial charge in [-0.15, -0.1) is 0 Å². The summed E-state index contributed by atoms with van der Waals surface area (Å²) in [6, 6.07) is 0. The van der Waals surface area contributed by atoms with Crippen LogP contribution in [-0.4, -0.2) is 95.9 Å². The van der Waals surface area contributed by atoms with Crippen LogP contribution in [0.25, 0.3) is 0 Å². The molecule has 0 saturated carbocycles. The average Bonchev–Trinajstić information content (AvgIpc) is 0.908. The average molecular weight is 1640 g/mol. The third kappa shape index (κ3) is 89.0. The molecule has 18 heteroatoms. The van der Waals surface area contributed by atoms with E-state index in [1.54, 1.807) is 0 Å². The molecule has 115 heavy (non-hydrogen) atoms. The van der Waals surface area contributed by atoms with Gasteiger partial charge in [0.1, 0.15) is 25.4 Å². The number of phosphoric acid groups is 2. The first kappa shape index (κ1) is 109. The summed E-state index contributed by atoms with van der Waals surface area (Å²) in [5.41, 5.74) is 0. The van der Waals surface area contributed by atoms with Crippen LogP contribution in [0.2, 0.25) is 0 Å². The highest BCUT2D eigenvalue weighted by molar-refractivity contribution is 7.47. The first-order valence-corrected chi connectivity index (χ1v) is 47.7. The lowest BCUT2D eigenvalue weighted by Crippen LogP contribution is -2.30. The van der Waals surface area contributed by atoms with Crippen LogP contribution in [0.5, 0.6) is 0 Å². The highest BCUT2D eigenvalue weighted by atomic mass is 31.2. The summed E-state index contributed by atoms with van der Waals surface area (Å²) >= 11 is 0. The second-order valence-corrected chi connectivity index (χ2v) is 32.2. The molecule has 0 bridgehead atoms. The molecular weight excluding hydrogens is 1480 g/mol. The van der Waals surface area contributed by atoms with E-state index in [0.717, 1.165) is 199 Å². The zero-order valence-corrected chi connectivity index (χ0v) is 73.7. The molecule has 0 spiro atoms. The Morgan fingerprint density at radius 3 is 0.687 bits per heavy atom. The predicted molar refractivity (Wildman–Crippen MR) is 481 cm³/mol. The molecule has 16 nitrogen and oxygen atoms in total. The quantitative estimate of drug-likeness (QED) is 0.0146. The molecule has 0 heterocycles. The smallest absolute Gasteiger partial charge is 0.463 e. The molecule has 4 N–H and O–H groups in total. The SMILES string of the molecule is CC/C=C\C/C=C\C/C=C\C/C=C\C/C=C\C/C=C\CCCCCCCCCCC(=O)OCC(O)COP(=O)(O)OCC(O)COP(=O)(O)OCC(COC(=O)CCCCCCCCCCCCC/C=C\C/C=C\C/C=C\C/C=C\C/C=C\CC)OC(=O)CCCCCCCCCCC/C=C\C/C=C\C/C=C\C/C=C\C/C=C\CC. The fourth-order valence-electron chi connectivity index (χ4n) is 11.6. The summed E-state index contributed by atoms with van der Waals surface area (Å²) in [6.07, 6.45) is 116. The van der Waals surface area contributed by atoms with E-state index in [0.29, 0.717) is 19.3 Å². The summed E-state index contributed by atoms with van der Waals surface area (Å²) in [6.45, 7) is 2.34. The maximum absolute atomic E-state index is 13.1. The van der Waals surface area contributed by atoms with Crippen molar-refractivity contribution in [3.63, 3.8) is 0 Å². The van der Waals surface area contributed by atoms with Gasteiger partial charge in [-0.25, -0.2) is 9.13 Å². The molecular formula is C97H160O16P2. The first-order valence-electron chi connectivity index (χ1n) is 44.7. The molecule has 0 aromatic rings. The number of allylic oxidation sites excluding steroid dienone is 32. The van der Waals surface area contributed by atoms with Crippen LogP contribution >= 0.6 is 15.6 Å². The lowest BCUT2D eigenvalue weighted by Gasteiger charge is -2.21. The highest BCUT2D eigenvalue weighted by Crippen LogP contribution is 2.45. The Kier molecular flexibility index (Phi) is 83.4. The van der Waals surface area contributed by atoms with Crippen LogP contribution in [-0.2, 0) is 55.8 Å². The lowest BCUT2D eigenvalue weighted by molar-refractivity contribution is -0.161. The zero-order valence-electron chi connectivity index (χ0n) is 71.9. The van der Waals surface area contributed by atoms with Gasteiger partial charge in [0.2, 0.25) is 0 Å². The third-order valence-corrected chi connectivity index (χ3v) is 20.2. The van der Waals surface area contributed by atoms with Crippen LogP contribution in [0.4, 0.5) is 0 Å². The molecule has 0 aliphatic carbocycles. The number of carbonyl (C=O) groups is 3. The summed E-state index contributed by atoms with van der Waals surface area (Å²) in [5, 5.41) is 20.7. The Morgan fingerprint density at radius 1 is 0.243 bits per heavy atom. The monoisotopic (exact) mass is 1640 g/mol. The fraction of sp³-hybridized carbons (Fsp3) is 0.639. The Balaban J connectivity index is 4.71. The molecule has 0 aliphatic rings. The highest BCUT2D eigenvalue weighted by Gasteiger charge is 2.29. The number of rotatable bonds is 83. The van der Waals surface area contributed by atoms with Crippen molar-refractivity contribution in [2.75, 3.05) is 39.6 Å². The Labute approximate surface area is 699 Å². The van der Waals surface area contributed by atoms with Crippen molar-refractivity contribution in [2.45, 2.75) is 360 Å². The van der Waals surface area contributed by atoms with E-state index < -0.39 is 91.5 Å². The summed E-state index contributed by atoms with van der Waals surface area (Å²) in [7, 11) is -9.82. The number of aliphatic hydroxyl groups excluding tert-OH is 2. The van der Waals surface area contributed by atoms with Crippen LogP contribution < -0.4 is 0 Å². The minimum atomic E-state index is -4.95. The van der Waals surface area contributed by atoms with Crippen molar-refractivity contribution in [3.8, 4) is 0 Å². The number of ether oxygens (including phenoxy) is 3. The van der Waals surface area contributed by atoms with E-state index in [9.17, 15) is 43.5 Å². The van der Waals surface area contributed by atoms with Gasteiger partial charge in [0, 0.05) is 19.3 Å². The van der Waals surface area contributed by atoms with Crippen molar-refractivity contribution in [1.29, 1.82) is 0 Å². The van der Waals surface area contributed by atoms with Gasteiger partial charge < -0.3 is 34.2 Å². The van der Waals surface area contributed by atoms with E-state index in [1.165, 1.54) is 83.5 Å². The van der Waals surface area contributed by atoms with Gasteiger partial charge in [-0.3, -0.25) is 32.5 Å². The van der Waals surface area contributed by atoms with Crippen LogP contribution in [0, 0.1) is 0 Å². The van der Waals surface area contributed by atoms with Gasteiger partial charge >= 0.3 is 33.6 Å². The van der Waals surface area contributed by atoms with E-state index in [1.807, 2.05) is 0 Å². The van der Waals surface area contributed by atoms with Crippen LogP contribution in [0.3, 0.4) is 0 Å². The molecule has 654 valence electrons. The normalized spacial score (nSPS) is 14.7. The summed E-state index contributed by atoms with van der Waals surface area (Å²) < 4.78 is 61.5. The minimum absolute atomic E-state index is 0.0896. The molecule has 0 aromatic heterocycles.